The van der Waals surface area contributed by atoms with Gasteiger partial charge in [-0.05, 0) is 86.3 Å². The zero-order valence-corrected chi connectivity index (χ0v) is 25.6. The molecule has 2 bridgehead atoms. The third-order valence-corrected chi connectivity index (χ3v) is 9.32. The van der Waals surface area contributed by atoms with Gasteiger partial charge in [0.05, 0.1) is 20.8 Å². The van der Waals surface area contributed by atoms with Crippen LogP contribution in [0.1, 0.15) is 87.9 Å². The summed E-state index contributed by atoms with van der Waals surface area (Å²) in [5, 5.41) is 0. The van der Waals surface area contributed by atoms with Crippen molar-refractivity contribution in [2.45, 2.75) is 89.2 Å². The molecule has 1 saturated carbocycles. The van der Waals surface area contributed by atoms with Crippen molar-refractivity contribution in [3.63, 3.8) is 0 Å². The number of nitrogens with zero attached hydrogens (tertiary/aromatic N) is 1. The second kappa shape index (κ2) is 14.8. The molecule has 2 aliphatic heterocycles. The summed E-state index contributed by atoms with van der Waals surface area (Å²) in [7, 11) is 3.22. The number of amides is 1. The standard InChI is InChI=1S/C35H45NO7/c1-40-32-17-15-24(21-33(32)41-2)14-16-31-26-11-8-12-28(22-26)42-20-18-27(37)23-29(25-9-4-3-5-10-25)34(38)36-19-7-6-13-30(36)35(39)43-31/h8,11-12,15,17,21-22,25,29-31H,3-7,9-10,13-14,16,18-20,23H2,1-2H3. The van der Waals surface area contributed by atoms with Crippen molar-refractivity contribution in [2.24, 2.45) is 11.8 Å². The molecule has 8 nitrogen and oxygen atoms in total. The molecule has 43 heavy (non-hydrogen) atoms. The maximum absolute atomic E-state index is 14.2. The summed E-state index contributed by atoms with van der Waals surface area (Å²) in [4.78, 5) is 43.0. The first-order valence-corrected chi connectivity index (χ1v) is 15.9. The van der Waals surface area contributed by atoms with Gasteiger partial charge in [-0.2, -0.15) is 0 Å². The summed E-state index contributed by atoms with van der Waals surface area (Å²) in [6.07, 6.45) is 8.59. The lowest BCUT2D eigenvalue weighted by Crippen LogP contribution is -2.52. The summed E-state index contributed by atoms with van der Waals surface area (Å²) < 4.78 is 23.2. The van der Waals surface area contributed by atoms with Crippen LogP contribution in [0.5, 0.6) is 17.2 Å². The van der Waals surface area contributed by atoms with Crippen LogP contribution in [0.4, 0.5) is 0 Å². The average molecular weight is 592 g/mol. The number of cyclic esters (lactones) is 1. The van der Waals surface area contributed by atoms with E-state index in [0.717, 1.165) is 49.7 Å². The number of fused-ring (bicyclic) bond motifs is 3. The van der Waals surface area contributed by atoms with E-state index in [4.69, 9.17) is 18.9 Å². The van der Waals surface area contributed by atoms with Crippen molar-refractivity contribution in [2.75, 3.05) is 27.4 Å². The topological polar surface area (TPSA) is 91.4 Å². The summed E-state index contributed by atoms with van der Waals surface area (Å²) in [6, 6.07) is 12.7. The Labute approximate surface area is 255 Å². The fourth-order valence-corrected chi connectivity index (χ4v) is 6.93. The number of ketones is 1. The number of hydrogen-bond acceptors (Lipinski definition) is 7. The van der Waals surface area contributed by atoms with Gasteiger partial charge in [-0.15, -0.1) is 0 Å². The van der Waals surface area contributed by atoms with Gasteiger partial charge in [-0.1, -0.05) is 37.5 Å². The quantitative estimate of drug-likeness (QED) is 0.367. The van der Waals surface area contributed by atoms with Gasteiger partial charge in [0.2, 0.25) is 5.91 Å². The molecular formula is C35H45NO7. The van der Waals surface area contributed by atoms with Gasteiger partial charge in [0, 0.05) is 25.3 Å². The lowest BCUT2D eigenvalue weighted by atomic mass is 9.76. The normalized spacial score (nSPS) is 24.2. The van der Waals surface area contributed by atoms with Gasteiger partial charge in [0.1, 0.15) is 23.7 Å². The number of piperidine rings is 1. The zero-order chi connectivity index (χ0) is 30.2. The van der Waals surface area contributed by atoms with Crippen LogP contribution in [-0.2, 0) is 25.5 Å². The molecule has 0 radical (unpaired) electrons. The van der Waals surface area contributed by atoms with Crippen LogP contribution in [0.25, 0.3) is 0 Å². The van der Waals surface area contributed by atoms with E-state index in [1.54, 1.807) is 19.1 Å². The SMILES string of the molecule is COc1ccc(CCC2OC(=O)C3CCCCN3C(=O)C(C3CCCCC3)CC(=O)CCOc3cccc2c3)cc1OC. The van der Waals surface area contributed by atoms with E-state index in [9.17, 15) is 14.4 Å². The van der Waals surface area contributed by atoms with Crippen molar-refractivity contribution < 1.29 is 33.3 Å². The van der Waals surface area contributed by atoms with Crippen LogP contribution in [0, 0.1) is 11.8 Å². The number of esters is 1. The van der Waals surface area contributed by atoms with E-state index in [1.807, 2.05) is 42.5 Å². The summed E-state index contributed by atoms with van der Waals surface area (Å²) in [5.74, 6) is 1.32. The van der Waals surface area contributed by atoms with Crippen LogP contribution < -0.4 is 14.2 Å². The van der Waals surface area contributed by atoms with Gasteiger partial charge >= 0.3 is 5.97 Å². The number of methoxy groups -OCH3 is 2. The molecular weight excluding hydrogens is 546 g/mol. The maximum Gasteiger partial charge on any atom is 0.329 e. The third kappa shape index (κ3) is 7.70. The molecule has 2 aromatic rings. The molecule has 0 aromatic heterocycles. The molecule has 1 amide bonds. The molecule has 0 spiro atoms. The average Bonchev–Trinajstić information content (AvgIpc) is 3.05. The fourth-order valence-electron chi connectivity index (χ4n) is 6.93. The number of benzene rings is 2. The Morgan fingerprint density at radius 3 is 2.47 bits per heavy atom. The number of rotatable bonds is 6. The van der Waals surface area contributed by atoms with Crippen molar-refractivity contribution in [1.29, 1.82) is 0 Å². The Morgan fingerprint density at radius 1 is 0.884 bits per heavy atom. The van der Waals surface area contributed by atoms with E-state index >= 15 is 0 Å². The summed E-state index contributed by atoms with van der Waals surface area (Å²) >= 11 is 0. The molecule has 8 heteroatoms. The predicted molar refractivity (Wildman–Crippen MR) is 162 cm³/mol. The molecule has 3 atom stereocenters. The van der Waals surface area contributed by atoms with Gasteiger partial charge in [0.15, 0.2) is 11.5 Å². The summed E-state index contributed by atoms with van der Waals surface area (Å²) in [5.41, 5.74) is 1.85. The van der Waals surface area contributed by atoms with Crippen LogP contribution in [0.3, 0.4) is 0 Å². The van der Waals surface area contributed by atoms with E-state index < -0.39 is 18.1 Å². The Balaban J connectivity index is 1.43. The van der Waals surface area contributed by atoms with Crippen LogP contribution in [0.2, 0.25) is 0 Å². The molecule has 0 N–H and O–H groups in total. The van der Waals surface area contributed by atoms with E-state index in [-0.39, 0.29) is 43.0 Å². The lowest BCUT2D eigenvalue weighted by molar-refractivity contribution is -0.164. The van der Waals surface area contributed by atoms with Gasteiger partial charge in [0.25, 0.3) is 0 Å². The number of carbonyl (C=O) groups excluding carboxylic acids is 3. The largest absolute Gasteiger partial charge is 0.493 e. The molecule has 232 valence electrons. The molecule has 1 saturated heterocycles. The van der Waals surface area contributed by atoms with Crippen LogP contribution in [0.15, 0.2) is 42.5 Å². The highest BCUT2D eigenvalue weighted by Gasteiger charge is 2.40. The maximum atomic E-state index is 14.2. The van der Waals surface area contributed by atoms with Crippen molar-refractivity contribution in [1.82, 2.24) is 4.90 Å². The molecule has 5 rings (SSSR count). The van der Waals surface area contributed by atoms with E-state index in [0.29, 0.717) is 43.1 Å². The van der Waals surface area contributed by atoms with Crippen molar-refractivity contribution in [3.05, 3.63) is 53.6 Å². The Bertz CT molecular complexity index is 1270. The summed E-state index contributed by atoms with van der Waals surface area (Å²) in [6.45, 7) is 0.765. The minimum Gasteiger partial charge on any atom is -0.493 e. The van der Waals surface area contributed by atoms with Crippen molar-refractivity contribution >= 4 is 17.7 Å². The van der Waals surface area contributed by atoms with Crippen LogP contribution in [-0.4, -0.2) is 56.0 Å². The Morgan fingerprint density at radius 2 is 1.67 bits per heavy atom. The highest BCUT2D eigenvalue weighted by Crippen LogP contribution is 2.36. The first kappa shape index (κ1) is 30.9. The number of carbonyl (C=O) groups is 3. The van der Waals surface area contributed by atoms with Crippen LogP contribution >= 0.6 is 0 Å². The Hall–Kier alpha value is -3.55. The second-order valence-electron chi connectivity index (χ2n) is 12.1. The number of Topliss-reactive ketones (excluding diaryl/α,β-unsaturated/α-hetero) is 1. The monoisotopic (exact) mass is 591 g/mol. The number of aryl methyl sites for hydroxylation is 1. The first-order chi connectivity index (χ1) is 21.0. The molecule has 2 aromatic carbocycles. The third-order valence-electron chi connectivity index (χ3n) is 9.32. The van der Waals surface area contributed by atoms with Gasteiger partial charge in [-0.25, -0.2) is 4.79 Å². The minimum absolute atomic E-state index is 0.0406. The molecule has 2 heterocycles. The Kier molecular flexibility index (Phi) is 10.6. The molecule has 3 aliphatic rings. The predicted octanol–water partition coefficient (Wildman–Crippen LogP) is 6.24. The molecule has 1 aliphatic carbocycles. The fraction of sp³-hybridized carbons (Fsp3) is 0.571. The smallest absolute Gasteiger partial charge is 0.329 e. The van der Waals surface area contributed by atoms with E-state index in [2.05, 4.69) is 0 Å². The molecule has 3 unspecified atom stereocenters. The van der Waals surface area contributed by atoms with Gasteiger partial charge < -0.3 is 23.8 Å². The number of hydrogen-bond donors (Lipinski definition) is 0. The first-order valence-electron chi connectivity index (χ1n) is 15.9. The van der Waals surface area contributed by atoms with E-state index in [1.165, 1.54) is 6.42 Å². The minimum atomic E-state index is -0.643. The number of ether oxygens (including phenoxy) is 4. The zero-order valence-electron chi connectivity index (χ0n) is 25.6. The highest BCUT2D eigenvalue weighted by atomic mass is 16.5. The second-order valence-corrected chi connectivity index (χ2v) is 12.1. The van der Waals surface area contributed by atoms with Crippen molar-refractivity contribution in [3.8, 4) is 17.2 Å². The lowest BCUT2D eigenvalue weighted by Gasteiger charge is -2.39. The highest BCUT2D eigenvalue weighted by molar-refractivity contribution is 5.90. The molecule has 2 fully saturated rings. The van der Waals surface area contributed by atoms with Gasteiger partial charge in [-0.3, -0.25) is 9.59 Å².